The number of fused-ring (bicyclic) bond motifs is 8. The molecule has 1 aliphatic heterocycles. The van der Waals surface area contributed by atoms with Crippen LogP contribution in [0.2, 0.25) is 0 Å². The van der Waals surface area contributed by atoms with Gasteiger partial charge in [-0.2, -0.15) is 19.0 Å². The van der Waals surface area contributed by atoms with E-state index in [0.29, 0.717) is 91.0 Å². The Morgan fingerprint density at radius 1 is 0.744 bits per heavy atom. The number of quaternary nitrogens is 1. The summed E-state index contributed by atoms with van der Waals surface area (Å²) in [4.78, 5) is 33.4. The number of hydrogen-bond acceptors (Lipinski definition) is 18. The van der Waals surface area contributed by atoms with Crippen LogP contribution in [0.1, 0.15) is 113 Å². The number of amidine groups is 2. The maximum Gasteiger partial charge on any atom is 0.303 e. The van der Waals surface area contributed by atoms with E-state index in [1.165, 1.54) is 0 Å². The Morgan fingerprint density at radius 3 is 2.22 bits per heavy atom. The molecule has 23 heteroatoms. The van der Waals surface area contributed by atoms with Crippen LogP contribution in [0.15, 0.2) is 113 Å². The molecule has 15 rings (SSSR count). The average Bonchev–Trinajstić information content (AvgIpc) is 4.61. The van der Waals surface area contributed by atoms with E-state index in [9.17, 15) is 5.11 Å². The number of rotatable bonds is 13. The monoisotopic (exact) mass is 1090 g/mol. The predicted molar refractivity (Wildman–Crippen MR) is 306 cm³/mol. The maximum atomic E-state index is 11.4. The Hall–Kier alpha value is -10.0. The highest BCUT2D eigenvalue weighted by atomic mass is 16.5. The van der Waals surface area contributed by atoms with Crippen LogP contribution in [-0.2, 0) is 6.61 Å². The SMILES string of the molecule is COc1cccc2c1nc(N)n1nc(C3CC3c3ccc4nnc(-c5ccc6c(nc(N)n7nc(C8CC8c8cccc(COc9cccc%10c9N=C(N)[NH2+]C%10=NC(=N)C9CC9c9ccc(C)nc9)c8[C@@H](C)O)nc67)c5OC)n4c3)nc21. The minimum Gasteiger partial charge on any atom is -0.494 e. The minimum absolute atomic E-state index is 0.000965. The third kappa shape index (κ3) is 8.01. The summed E-state index contributed by atoms with van der Waals surface area (Å²) in [5.74, 6) is 5.37. The second-order valence-electron chi connectivity index (χ2n) is 21.6. The van der Waals surface area contributed by atoms with Crippen LogP contribution in [0.3, 0.4) is 0 Å². The molecule has 0 bridgehead atoms. The zero-order valence-electron chi connectivity index (χ0n) is 44.9. The largest absolute Gasteiger partial charge is 0.494 e. The van der Waals surface area contributed by atoms with Gasteiger partial charge in [0.2, 0.25) is 17.7 Å². The molecule has 7 atom stereocenters. The Balaban J connectivity index is 0.679. The van der Waals surface area contributed by atoms with Gasteiger partial charge < -0.3 is 36.5 Å². The third-order valence-corrected chi connectivity index (χ3v) is 16.5. The fourth-order valence-corrected chi connectivity index (χ4v) is 12.1. The summed E-state index contributed by atoms with van der Waals surface area (Å²) in [5.41, 5.74) is 30.2. The summed E-state index contributed by atoms with van der Waals surface area (Å²) in [6.45, 7) is 3.89. The van der Waals surface area contributed by atoms with Gasteiger partial charge in [0, 0.05) is 46.6 Å². The Kier molecular flexibility index (Phi) is 11.1. The molecule has 10 N–H and O–H groups in total. The molecule has 8 heterocycles. The molecular formula is C59H54N19O4+. The van der Waals surface area contributed by atoms with Crippen molar-refractivity contribution in [2.24, 2.45) is 21.6 Å². The van der Waals surface area contributed by atoms with E-state index < -0.39 is 6.10 Å². The van der Waals surface area contributed by atoms with Crippen LogP contribution < -0.4 is 36.7 Å². The normalized spacial score (nSPS) is 20.8. The number of aliphatic imine (C=N–C) groups is 2. The zero-order valence-corrected chi connectivity index (χ0v) is 44.9. The van der Waals surface area contributed by atoms with E-state index in [-0.39, 0.29) is 60.0 Å². The fourth-order valence-electron chi connectivity index (χ4n) is 12.1. The number of aliphatic hydroxyl groups is 1. The first-order valence-electron chi connectivity index (χ1n) is 27.1. The van der Waals surface area contributed by atoms with Crippen molar-refractivity contribution < 1.29 is 24.6 Å². The summed E-state index contributed by atoms with van der Waals surface area (Å²) in [6.07, 6.45) is 5.60. The van der Waals surface area contributed by atoms with Crippen LogP contribution >= 0.6 is 0 Å². The second kappa shape index (κ2) is 18.5. The number of guanidine groups is 1. The highest BCUT2D eigenvalue weighted by molar-refractivity contribution is 6.10. The van der Waals surface area contributed by atoms with Gasteiger partial charge in [0.15, 0.2) is 40.2 Å². The number of ether oxygens (including phenoxy) is 3. The highest BCUT2D eigenvalue weighted by Gasteiger charge is 2.46. The number of aryl methyl sites for hydroxylation is 1. The van der Waals surface area contributed by atoms with Crippen molar-refractivity contribution in [1.29, 1.82) is 5.41 Å². The van der Waals surface area contributed by atoms with Crippen molar-refractivity contribution >= 4 is 74.0 Å². The molecule has 23 nitrogen and oxygen atoms in total. The second-order valence-corrected chi connectivity index (χ2v) is 21.6. The fraction of sp³-hybridized carbons (Fsp3) is 0.254. The third-order valence-electron chi connectivity index (χ3n) is 16.5. The Bertz CT molecular complexity index is 4560. The lowest BCUT2D eigenvalue weighted by molar-refractivity contribution is -0.409. The zero-order chi connectivity index (χ0) is 55.8. The number of aliphatic hydroxyl groups excluding tert-OH is 1. The molecule has 0 saturated heterocycles. The van der Waals surface area contributed by atoms with Crippen LogP contribution in [0.25, 0.3) is 50.1 Å². The number of nitrogen functional groups attached to an aromatic ring is 2. The summed E-state index contributed by atoms with van der Waals surface area (Å²) in [5, 5.41) is 42.5. The Labute approximate surface area is 466 Å². The molecule has 4 aromatic carbocycles. The van der Waals surface area contributed by atoms with Crippen LogP contribution in [0.4, 0.5) is 17.6 Å². The van der Waals surface area contributed by atoms with E-state index in [1.807, 2.05) is 90.3 Å². The van der Waals surface area contributed by atoms with Crippen molar-refractivity contribution in [3.05, 3.63) is 154 Å². The molecule has 11 aromatic rings. The first kappa shape index (κ1) is 49.1. The molecule has 3 fully saturated rings. The average molecular weight is 1090 g/mol. The highest BCUT2D eigenvalue weighted by Crippen LogP contribution is 2.57. The number of pyridine rings is 2. The molecule has 0 spiro atoms. The first-order valence-corrected chi connectivity index (χ1v) is 27.1. The number of nitrogens with two attached hydrogens (primary N) is 4. The van der Waals surface area contributed by atoms with E-state index in [0.717, 1.165) is 63.7 Å². The van der Waals surface area contributed by atoms with Crippen molar-refractivity contribution in [1.82, 2.24) is 58.7 Å². The van der Waals surface area contributed by atoms with E-state index in [2.05, 4.69) is 49.6 Å². The molecule has 4 aliphatic rings. The van der Waals surface area contributed by atoms with Gasteiger partial charge in [-0.25, -0.2) is 25.3 Å². The van der Waals surface area contributed by atoms with E-state index in [4.69, 9.17) is 67.0 Å². The van der Waals surface area contributed by atoms with E-state index in [1.54, 1.807) is 35.5 Å². The summed E-state index contributed by atoms with van der Waals surface area (Å²) >= 11 is 0. The number of anilines is 2. The van der Waals surface area contributed by atoms with Gasteiger partial charge in [0.1, 0.15) is 40.7 Å². The molecular weight excluding hydrogens is 1040 g/mol. The molecule has 82 heavy (non-hydrogen) atoms. The van der Waals surface area contributed by atoms with Crippen molar-refractivity contribution in [2.75, 3.05) is 25.7 Å². The van der Waals surface area contributed by atoms with Gasteiger partial charge in [-0.05, 0) is 127 Å². The quantitative estimate of drug-likeness (QED) is 0.0517. The summed E-state index contributed by atoms with van der Waals surface area (Å²) in [7, 11) is 3.20. The van der Waals surface area contributed by atoms with Gasteiger partial charge in [0.05, 0.1) is 31.5 Å². The van der Waals surface area contributed by atoms with Gasteiger partial charge in [-0.3, -0.25) is 14.8 Å². The molecule has 0 radical (unpaired) electrons. The molecule has 7 aromatic heterocycles. The Morgan fingerprint density at radius 2 is 1.46 bits per heavy atom. The lowest BCUT2D eigenvalue weighted by Crippen LogP contribution is -2.95. The standard InChI is InChI=1S/C59H53N19O4/c1-26-14-15-28(23-64-26)36-20-39(36)50(60)68-51-32-10-6-13-43(46(32)65-57(61)71-51)82-25-30-8-5-9-31(45(30)27(2)79)38-22-41(38)53-70-55-34-17-18-35(49(81-4)48(34)67-59(63)78(55)75-53)56-73-72-44-19-16-29(24-76(44)56)37-21-40(37)52-69-54-33-11-7-12-42(80-3)47(33)66-58(62)77(54)74-52/h5-19,23-24,27,36-41,79H,20-22,25H2,1-4H3,(H2,62,66)(H2,63,67)(H4,60,61,65,68,71)/p+1/t27-,36?,37?,38?,39?,40?,41?/m1/s1. The van der Waals surface area contributed by atoms with Crippen LogP contribution in [-0.4, -0.2) is 95.7 Å². The first-order chi connectivity index (χ1) is 39.9. The minimum atomic E-state index is -0.805. The van der Waals surface area contributed by atoms with Crippen LogP contribution in [0.5, 0.6) is 17.2 Å². The number of benzene rings is 4. The number of nitrogens with zero attached hydrogens (tertiary/aromatic N) is 14. The van der Waals surface area contributed by atoms with Crippen molar-refractivity contribution in [3.63, 3.8) is 0 Å². The lowest BCUT2D eigenvalue weighted by Gasteiger charge is -2.19. The van der Waals surface area contributed by atoms with Gasteiger partial charge >= 0.3 is 5.96 Å². The van der Waals surface area contributed by atoms with Crippen molar-refractivity contribution in [2.45, 2.75) is 75.4 Å². The molecule has 0 amide bonds. The predicted octanol–water partition coefficient (Wildman–Crippen LogP) is 6.69. The molecule has 408 valence electrons. The lowest BCUT2D eigenvalue weighted by atomic mass is 9.93. The summed E-state index contributed by atoms with van der Waals surface area (Å²) in [6, 6.07) is 29.4. The molecule has 3 saturated carbocycles. The van der Waals surface area contributed by atoms with Gasteiger partial charge in [0.25, 0.3) is 0 Å². The number of aromatic nitrogens is 12. The maximum absolute atomic E-state index is 11.4. The molecule has 6 unspecified atom stereocenters. The smallest absolute Gasteiger partial charge is 0.303 e. The van der Waals surface area contributed by atoms with Crippen LogP contribution in [0, 0.1) is 18.3 Å². The van der Waals surface area contributed by atoms with Gasteiger partial charge in [-0.1, -0.05) is 42.5 Å². The topological polar surface area (TPSA) is 320 Å². The van der Waals surface area contributed by atoms with Gasteiger partial charge in [-0.15, -0.1) is 20.4 Å². The molecule has 3 aliphatic carbocycles. The number of methoxy groups -OCH3 is 2. The summed E-state index contributed by atoms with van der Waals surface area (Å²) < 4.78 is 23.4. The number of nitrogens with one attached hydrogen (secondary N) is 1. The number of hydrogen-bond donors (Lipinski definition) is 6. The van der Waals surface area contributed by atoms with Crippen molar-refractivity contribution in [3.8, 4) is 28.6 Å². The number of para-hydroxylation sites is 2. The van der Waals surface area contributed by atoms with E-state index >= 15 is 0 Å².